The quantitative estimate of drug-likeness (QED) is 0.356. The monoisotopic (exact) mass is 286 g/mol. The van der Waals surface area contributed by atoms with Crippen LogP contribution in [0, 0.1) is 5.92 Å². The summed E-state index contributed by atoms with van der Waals surface area (Å²) in [5.41, 5.74) is 0. The van der Waals surface area contributed by atoms with Crippen LogP contribution >= 0.6 is 0 Å². The van der Waals surface area contributed by atoms with Crippen molar-refractivity contribution in [2.24, 2.45) is 5.92 Å². The van der Waals surface area contributed by atoms with Crippen LogP contribution in [0.15, 0.2) is 0 Å². The third-order valence-electron chi connectivity index (χ3n) is 3.64. The van der Waals surface area contributed by atoms with Crippen molar-refractivity contribution in [1.82, 2.24) is 0 Å². The van der Waals surface area contributed by atoms with E-state index in [0.717, 1.165) is 51.2 Å². The Kier molecular flexibility index (Phi) is 13.9. The van der Waals surface area contributed by atoms with E-state index in [2.05, 4.69) is 0 Å². The van der Waals surface area contributed by atoms with Crippen molar-refractivity contribution >= 4 is 12.3 Å². The van der Waals surface area contributed by atoms with Crippen LogP contribution in [0.2, 0.25) is 0 Å². The fraction of sp³-hybridized carbons (Fsp3) is 0.875. The third-order valence-corrected chi connectivity index (χ3v) is 3.64. The van der Waals surface area contributed by atoms with Crippen LogP contribution in [-0.4, -0.2) is 29.1 Å². The lowest BCUT2D eigenvalue weighted by molar-refractivity contribution is -0.137. The lowest BCUT2D eigenvalue weighted by Gasteiger charge is -2.08. The molecule has 0 fully saturated rings. The first-order valence-corrected chi connectivity index (χ1v) is 7.98. The van der Waals surface area contributed by atoms with Gasteiger partial charge >= 0.3 is 5.97 Å². The number of carboxylic acids is 1. The molecular formula is C16H30O4. The maximum atomic E-state index is 10.8. The molecule has 4 heteroatoms. The number of hydrogen-bond donors (Lipinski definition) is 2. The first-order valence-electron chi connectivity index (χ1n) is 7.98. The molecule has 0 saturated heterocycles. The van der Waals surface area contributed by atoms with E-state index in [9.17, 15) is 9.59 Å². The Morgan fingerprint density at radius 3 is 1.85 bits per heavy atom. The van der Waals surface area contributed by atoms with Gasteiger partial charge in [0.05, 0.1) is 0 Å². The van der Waals surface area contributed by atoms with Crippen LogP contribution in [0.4, 0.5) is 0 Å². The van der Waals surface area contributed by atoms with E-state index in [1.54, 1.807) is 0 Å². The second kappa shape index (κ2) is 14.5. The molecule has 0 radical (unpaired) electrons. The molecule has 0 aliphatic heterocycles. The maximum Gasteiger partial charge on any atom is 0.303 e. The van der Waals surface area contributed by atoms with Gasteiger partial charge in [-0.25, -0.2) is 0 Å². The van der Waals surface area contributed by atoms with E-state index in [1.165, 1.54) is 25.7 Å². The Labute approximate surface area is 122 Å². The number of carboxylic acid groups (broad SMARTS) is 1. The molecule has 0 aliphatic rings. The van der Waals surface area contributed by atoms with Gasteiger partial charge in [0.15, 0.2) is 0 Å². The lowest BCUT2D eigenvalue weighted by atomic mass is 9.97. The predicted molar refractivity (Wildman–Crippen MR) is 79.7 cm³/mol. The molecule has 1 atom stereocenters. The molecule has 0 heterocycles. The summed E-state index contributed by atoms with van der Waals surface area (Å²) in [6.07, 6.45) is 12.6. The van der Waals surface area contributed by atoms with Gasteiger partial charge in [-0.3, -0.25) is 4.79 Å². The summed E-state index contributed by atoms with van der Waals surface area (Å²) < 4.78 is 0. The van der Waals surface area contributed by atoms with Gasteiger partial charge in [0.1, 0.15) is 6.29 Å². The Morgan fingerprint density at radius 1 is 0.850 bits per heavy atom. The topological polar surface area (TPSA) is 74.6 Å². The summed E-state index contributed by atoms with van der Waals surface area (Å²) in [6.45, 7) is 0.173. The number of hydrogen-bond acceptors (Lipinski definition) is 3. The maximum absolute atomic E-state index is 10.8. The normalized spacial score (nSPS) is 12.2. The molecule has 0 aromatic heterocycles. The van der Waals surface area contributed by atoms with Crippen LogP contribution in [0.5, 0.6) is 0 Å². The SMILES string of the molecule is O=CC(CCCO)CCCCCCCCCCC(=O)O. The Morgan fingerprint density at radius 2 is 1.35 bits per heavy atom. The summed E-state index contributed by atoms with van der Waals surface area (Å²) >= 11 is 0. The second-order valence-electron chi connectivity index (χ2n) is 5.52. The molecule has 4 nitrogen and oxygen atoms in total. The molecular weight excluding hydrogens is 256 g/mol. The standard InChI is InChI=1S/C16H30O4/c17-13-9-11-15(14-18)10-7-5-3-1-2-4-6-8-12-16(19)20/h14-15,17H,1-13H2,(H,19,20). The van der Waals surface area contributed by atoms with Crippen LogP contribution in [0.1, 0.15) is 77.0 Å². The minimum Gasteiger partial charge on any atom is -0.481 e. The number of aliphatic hydroxyl groups excluding tert-OH is 1. The minimum absolute atomic E-state index is 0.123. The molecule has 0 spiro atoms. The highest BCUT2D eigenvalue weighted by Crippen LogP contribution is 2.15. The van der Waals surface area contributed by atoms with Crippen molar-refractivity contribution in [3.05, 3.63) is 0 Å². The van der Waals surface area contributed by atoms with Crippen LogP contribution in [-0.2, 0) is 9.59 Å². The summed E-state index contributed by atoms with van der Waals surface area (Å²) in [6, 6.07) is 0. The van der Waals surface area contributed by atoms with Gasteiger partial charge < -0.3 is 15.0 Å². The zero-order chi connectivity index (χ0) is 15.1. The summed E-state index contributed by atoms with van der Waals surface area (Å²) in [4.78, 5) is 21.1. The largest absolute Gasteiger partial charge is 0.481 e. The number of rotatable bonds is 15. The van der Waals surface area contributed by atoms with Gasteiger partial charge in [-0.2, -0.15) is 0 Å². The van der Waals surface area contributed by atoms with Crippen LogP contribution in [0.25, 0.3) is 0 Å². The van der Waals surface area contributed by atoms with Crippen molar-refractivity contribution < 1.29 is 19.8 Å². The van der Waals surface area contributed by atoms with E-state index >= 15 is 0 Å². The zero-order valence-electron chi connectivity index (χ0n) is 12.6. The van der Waals surface area contributed by atoms with Crippen molar-refractivity contribution in [3.63, 3.8) is 0 Å². The highest BCUT2D eigenvalue weighted by Gasteiger charge is 2.06. The average molecular weight is 286 g/mol. The number of carbonyl (C=O) groups is 2. The van der Waals surface area contributed by atoms with E-state index in [-0.39, 0.29) is 12.5 Å². The Balaban J connectivity index is 3.22. The molecule has 0 aromatic carbocycles. The van der Waals surface area contributed by atoms with E-state index < -0.39 is 5.97 Å². The molecule has 0 rings (SSSR count). The Hall–Kier alpha value is -0.900. The number of aliphatic hydroxyl groups is 1. The lowest BCUT2D eigenvalue weighted by Crippen LogP contribution is -2.03. The van der Waals surface area contributed by atoms with Crippen molar-refractivity contribution in [2.75, 3.05) is 6.61 Å². The number of carbonyl (C=O) groups excluding carboxylic acids is 1. The smallest absolute Gasteiger partial charge is 0.303 e. The molecule has 0 bridgehead atoms. The van der Waals surface area contributed by atoms with Crippen molar-refractivity contribution in [3.8, 4) is 0 Å². The number of unbranched alkanes of at least 4 members (excludes halogenated alkanes) is 7. The molecule has 0 saturated carbocycles. The van der Waals surface area contributed by atoms with Gasteiger partial charge in [-0.15, -0.1) is 0 Å². The minimum atomic E-state index is -0.698. The fourth-order valence-corrected chi connectivity index (χ4v) is 2.38. The van der Waals surface area contributed by atoms with Gasteiger partial charge in [0, 0.05) is 18.9 Å². The van der Waals surface area contributed by atoms with Gasteiger partial charge in [0.2, 0.25) is 0 Å². The van der Waals surface area contributed by atoms with Gasteiger partial charge in [-0.1, -0.05) is 44.9 Å². The fourth-order valence-electron chi connectivity index (χ4n) is 2.38. The van der Waals surface area contributed by atoms with E-state index in [4.69, 9.17) is 10.2 Å². The predicted octanol–water partition coefficient (Wildman–Crippen LogP) is 3.56. The molecule has 20 heavy (non-hydrogen) atoms. The molecule has 2 N–H and O–H groups in total. The third kappa shape index (κ3) is 13.5. The molecule has 118 valence electrons. The summed E-state index contributed by atoms with van der Waals surface area (Å²) in [5.74, 6) is -0.575. The zero-order valence-corrected chi connectivity index (χ0v) is 12.6. The number of aldehydes is 1. The number of aliphatic carboxylic acids is 1. The first-order chi connectivity index (χ1) is 9.70. The van der Waals surface area contributed by atoms with Gasteiger partial charge in [0.25, 0.3) is 0 Å². The van der Waals surface area contributed by atoms with Crippen LogP contribution in [0.3, 0.4) is 0 Å². The molecule has 1 unspecified atom stereocenters. The van der Waals surface area contributed by atoms with Crippen molar-refractivity contribution in [1.29, 1.82) is 0 Å². The first kappa shape index (κ1) is 19.1. The molecule has 0 aromatic rings. The summed E-state index contributed by atoms with van der Waals surface area (Å²) in [7, 11) is 0. The van der Waals surface area contributed by atoms with Crippen LogP contribution < -0.4 is 0 Å². The van der Waals surface area contributed by atoms with Crippen molar-refractivity contribution in [2.45, 2.75) is 77.0 Å². The van der Waals surface area contributed by atoms with Gasteiger partial charge in [-0.05, 0) is 25.7 Å². The Bertz CT molecular complexity index is 241. The summed E-state index contributed by atoms with van der Waals surface area (Å²) in [5, 5.41) is 17.2. The van der Waals surface area contributed by atoms with E-state index in [0.29, 0.717) is 6.42 Å². The average Bonchev–Trinajstić information content (AvgIpc) is 2.43. The highest BCUT2D eigenvalue weighted by atomic mass is 16.4. The van der Waals surface area contributed by atoms with E-state index in [1.807, 2.05) is 0 Å². The molecule has 0 amide bonds. The molecule has 0 aliphatic carbocycles. The second-order valence-corrected chi connectivity index (χ2v) is 5.52. The highest BCUT2D eigenvalue weighted by molar-refractivity contribution is 5.66.